The minimum Gasteiger partial charge on any atom is -0.465 e. The Balaban J connectivity index is 2.67. The van der Waals surface area contributed by atoms with Gasteiger partial charge in [-0.05, 0) is 6.07 Å². The zero-order chi connectivity index (χ0) is 10.1. The molecular formula is C9H9N3O2. The summed E-state index contributed by atoms with van der Waals surface area (Å²) in [5, 5.41) is 0.730. The van der Waals surface area contributed by atoms with Crippen LogP contribution in [-0.2, 0) is 4.74 Å². The van der Waals surface area contributed by atoms with E-state index in [0.29, 0.717) is 16.9 Å². The third kappa shape index (κ3) is 1.10. The number of methoxy groups -OCH3 is 1. The number of aromatic amines is 1. The van der Waals surface area contributed by atoms with Crippen molar-refractivity contribution >= 4 is 22.7 Å². The lowest BCUT2D eigenvalue weighted by atomic mass is 10.2. The lowest BCUT2D eigenvalue weighted by Crippen LogP contribution is -2.06. The van der Waals surface area contributed by atoms with E-state index in [1.54, 1.807) is 12.3 Å². The van der Waals surface area contributed by atoms with Crippen LogP contribution in [0.25, 0.3) is 11.0 Å². The number of nitrogens with one attached hydrogen (secondary N) is 1. The maximum atomic E-state index is 11.2. The Morgan fingerprint density at radius 1 is 1.64 bits per heavy atom. The molecule has 0 atom stereocenters. The van der Waals surface area contributed by atoms with Gasteiger partial charge in [0, 0.05) is 17.8 Å². The summed E-state index contributed by atoms with van der Waals surface area (Å²) in [5.41, 5.74) is 7.12. The molecule has 0 aliphatic carbocycles. The number of pyridine rings is 1. The fourth-order valence-electron chi connectivity index (χ4n) is 1.30. The minimum atomic E-state index is -0.474. The molecule has 5 nitrogen and oxygen atoms in total. The Hall–Kier alpha value is -2.04. The summed E-state index contributed by atoms with van der Waals surface area (Å²) in [7, 11) is 1.31. The van der Waals surface area contributed by atoms with E-state index in [4.69, 9.17) is 5.73 Å². The summed E-state index contributed by atoms with van der Waals surface area (Å²) in [6.45, 7) is 0. The van der Waals surface area contributed by atoms with E-state index in [9.17, 15) is 4.79 Å². The molecular weight excluding hydrogens is 182 g/mol. The molecule has 0 amide bonds. The van der Waals surface area contributed by atoms with Gasteiger partial charge in [-0.2, -0.15) is 0 Å². The second kappa shape index (κ2) is 3.02. The molecule has 3 N–H and O–H groups in total. The van der Waals surface area contributed by atoms with Crippen molar-refractivity contribution < 1.29 is 9.53 Å². The second-order valence-corrected chi connectivity index (χ2v) is 2.82. The van der Waals surface area contributed by atoms with Gasteiger partial charge in [-0.15, -0.1) is 0 Å². The molecule has 0 saturated carbocycles. The summed E-state index contributed by atoms with van der Waals surface area (Å²) < 4.78 is 4.57. The van der Waals surface area contributed by atoms with Crippen LogP contribution in [0.15, 0.2) is 18.5 Å². The number of nitrogen functional groups attached to an aromatic ring is 1. The predicted octanol–water partition coefficient (Wildman–Crippen LogP) is 0.932. The Morgan fingerprint density at radius 2 is 2.43 bits per heavy atom. The van der Waals surface area contributed by atoms with Gasteiger partial charge in [0.2, 0.25) is 0 Å². The standard InChI is InChI=1S/C9H9N3O2/c1-14-9(13)6-4-12-8-5(7(6)10)2-3-11-8/h2-4H,1H3,(H3,10,11,12). The van der Waals surface area contributed by atoms with E-state index in [1.807, 2.05) is 0 Å². The van der Waals surface area contributed by atoms with Crippen molar-refractivity contribution in [2.75, 3.05) is 12.8 Å². The smallest absolute Gasteiger partial charge is 0.341 e. The highest BCUT2D eigenvalue weighted by atomic mass is 16.5. The highest BCUT2D eigenvalue weighted by Crippen LogP contribution is 2.22. The maximum absolute atomic E-state index is 11.2. The third-order valence-corrected chi connectivity index (χ3v) is 2.03. The number of esters is 1. The number of ether oxygens (including phenoxy) is 1. The van der Waals surface area contributed by atoms with Crippen LogP contribution < -0.4 is 5.73 Å². The molecule has 2 rings (SSSR count). The van der Waals surface area contributed by atoms with Gasteiger partial charge in [0.05, 0.1) is 12.8 Å². The first-order valence-corrected chi connectivity index (χ1v) is 4.04. The Labute approximate surface area is 79.9 Å². The van der Waals surface area contributed by atoms with E-state index in [1.165, 1.54) is 13.3 Å². The van der Waals surface area contributed by atoms with Crippen LogP contribution in [-0.4, -0.2) is 23.0 Å². The van der Waals surface area contributed by atoms with Crippen molar-refractivity contribution in [3.63, 3.8) is 0 Å². The van der Waals surface area contributed by atoms with E-state index in [-0.39, 0.29) is 0 Å². The van der Waals surface area contributed by atoms with E-state index in [0.717, 1.165) is 5.39 Å². The molecule has 0 aliphatic rings. The van der Waals surface area contributed by atoms with Crippen LogP contribution in [0, 0.1) is 0 Å². The number of hydrogen-bond donors (Lipinski definition) is 2. The van der Waals surface area contributed by atoms with Gasteiger partial charge in [-0.25, -0.2) is 9.78 Å². The molecule has 0 radical (unpaired) electrons. The summed E-state index contributed by atoms with van der Waals surface area (Å²) in [5.74, 6) is -0.474. The first-order chi connectivity index (χ1) is 6.74. The Bertz CT molecular complexity index is 490. The fraction of sp³-hybridized carbons (Fsp3) is 0.111. The number of hydrogen-bond acceptors (Lipinski definition) is 4. The average Bonchev–Trinajstić information content (AvgIpc) is 2.66. The molecule has 0 unspecified atom stereocenters. The maximum Gasteiger partial charge on any atom is 0.341 e. The van der Waals surface area contributed by atoms with Crippen molar-refractivity contribution in [3.8, 4) is 0 Å². The monoisotopic (exact) mass is 191 g/mol. The number of rotatable bonds is 1. The SMILES string of the molecule is COC(=O)c1cnc2[nH]ccc2c1N. The number of anilines is 1. The quantitative estimate of drug-likeness (QED) is 0.657. The topological polar surface area (TPSA) is 81.0 Å². The molecule has 0 bridgehead atoms. The van der Waals surface area contributed by atoms with Crippen LogP contribution in [0.4, 0.5) is 5.69 Å². The zero-order valence-corrected chi connectivity index (χ0v) is 7.57. The average molecular weight is 191 g/mol. The van der Waals surface area contributed by atoms with Crippen LogP contribution in [0.1, 0.15) is 10.4 Å². The number of nitrogens with two attached hydrogens (primary N) is 1. The van der Waals surface area contributed by atoms with Crippen molar-refractivity contribution in [1.29, 1.82) is 0 Å². The predicted molar refractivity (Wildman–Crippen MR) is 51.8 cm³/mol. The fourth-order valence-corrected chi connectivity index (χ4v) is 1.30. The first-order valence-electron chi connectivity index (χ1n) is 4.04. The third-order valence-electron chi connectivity index (χ3n) is 2.03. The summed E-state index contributed by atoms with van der Waals surface area (Å²) in [6.07, 6.45) is 3.12. The summed E-state index contributed by atoms with van der Waals surface area (Å²) in [4.78, 5) is 18.2. The highest BCUT2D eigenvalue weighted by molar-refractivity contribution is 6.03. The van der Waals surface area contributed by atoms with Gasteiger partial charge < -0.3 is 15.5 Å². The normalized spacial score (nSPS) is 10.4. The lowest BCUT2D eigenvalue weighted by Gasteiger charge is -2.03. The molecule has 2 heterocycles. The van der Waals surface area contributed by atoms with Crippen molar-refractivity contribution in [3.05, 3.63) is 24.0 Å². The Kier molecular flexibility index (Phi) is 1.85. The van der Waals surface area contributed by atoms with Crippen molar-refractivity contribution in [2.45, 2.75) is 0 Å². The molecule has 72 valence electrons. The molecule has 14 heavy (non-hydrogen) atoms. The lowest BCUT2D eigenvalue weighted by molar-refractivity contribution is 0.0601. The van der Waals surface area contributed by atoms with Crippen LogP contribution in [0.3, 0.4) is 0 Å². The molecule has 0 saturated heterocycles. The molecule has 2 aromatic heterocycles. The van der Waals surface area contributed by atoms with Gasteiger partial charge >= 0.3 is 5.97 Å². The molecule has 0 spiro atoms. The number of fused-ring (bicyclic) bond motifs is 1. The first kappa shape index (κ1) is 8.55. The number of aromatic nitrogens is 2. The van der Waals surface area contributed by atoms with Crippen LogP contribution >= 0.6 is 0 Å². The number of nitrogens with zero attached hydrogens (tertiary/aromatic N) is 1. The van der Waals surface area contributed by atoms with Crippen LogP contribution in [0.2, 0.25) is 0 Å². The second-order valence-electron chi connectivity index (χ2n) is 2.82. The van der Waals surface area contributed by atoms with Crippen molar-refractivity contribution in [1.82, 2.24) is 9.97 Å². The van der Waals surface area contributed by atoms with Crippen molar-refractivity contribution in [2.24, 2.45) is 0 Å². The largest absolute Gasteiger partial charge is 0.465 e. The molecule has 2 aromatic rings. The zero-order valence-electron chi connectivity index (χ0n) is 7.57. The van der Waals surface area contributed by atoms with Crippen LogP contribution in [0.5, 0.6) is 0 Å². The van der Waals surface area contributed by atoms with Gasteiger partial charge in [0.1, 0.15) is 11.2 Å². The number of H-pyrrole nitrogens is 1. The van der Waals surface area contributed by atoms with Gasteiger partial charge in [-0.1, -0.05) is 0 Å². The Morgan fingerprint density at radius 3 is 3.14 bits per heavy atom. The van der Waals surface area contributed by atoms with E-state index < -0.39 is 5.97 Å². The van der Waals surface area contributed by atoms with Gasteiger partial charge in [-0.3, -0.25) is 0 Å². The van der Waals surface area contributed by atoms with E-state index in [2.05, 4.69) is 14.7 Å². The van der Waals surface area contributed by atoms with Gasteiger partial charge in [0.25, 0.3) is 0 Å². The molecule has 0 aromatic carbocycles. The van der Waals surface area contributed by atoms with Gasteiger partial charge in [0.15, 0.2) is 0 Å². The number of carbonyl (C=O) groups is 1. The molecule has 5 heteroatoms. The molecule has 0 aliphatic heterocycles. The van der Waals surface area contributed by atoms with E-state index >= 15 is 0 Å². The highest BCUT2D eigenvalue weighted by Gasteiger charge is 2.13. The minimum absolute atomic E-state index is 0.291. The summed E-state index contributed by atoms with van der Waals surface area (Å²) in [6, 6.07) is 1.77. The molecule has 0 fully saturated rings. The number of carbonyl (C=O) groups excluding carboxylic acids is 1. The summed E-state index contributed by atoms with van der Waals surface area (Å²) >= 11 is 0.